The molecule has 13 heteroatoms. The maximum Gasteiger partial charge on any atom is 0.387 e. The summed E-state index contributed by atoms with van der Waals surface area (Å²) in [5, 5.41) is 6.00. The summed E-state index contributed by atoms with van der Waals surface area (Å²) in [5.74, 6) is -0.423. The molecule has 3 aromatic heterocycles. The van der Waals surface area contributed by atoms with E-state index in [1.807, 2.05) is 0 Å². The minimum Gasteiger partial charge on any atom is -0.399 e. The number of fused-ring (bicyclic) bond motifs is 9. The molecule has 2 unspecified atom stereocenters. The highest BCUT2D eigenvalue weighted by atomic mass is 31.1. The molecule has 103 heavy (non-hydrogen) atoms. The van der Waals surface area contributed by atoms with Crippen LogP contribution < -0.4 is 19.3 Å². The quantitative estimate of drug-likeness (QED) is 0.133. The second-order valence-corrected chi connectivity index (χ2v) is 45.5. The minimum absolute atomic E-state index is 0.0533. The SMILES string of the molecule is CC(C)(C)c1cc(C(C)(C)C)c2op(OCCC(COp3oc4c(C(C)(C)C)cc(C(C)(C)C)cc4c4cc(C(C)(C)C)cc(C(C)(C)C)c4o3)C(N)COp3oc4c(C(C)(C)C)cc(C(C)(C)C)cc4c4cc(C(C)(C)C)cc(C(C)(C)C)c4o3)oc3c(C(C)(C)C)cc(C(C)(C)C)cc3c2c1. The third-order valence-corrected chi connectivity index (χ3v) is 23.6. The fourth-order valence-corrected chi connectivity index (χ4v) is 16.7. The van der Waals surface area contributed by atoms with Crippen LogP contribution in [0.25, 0.3) is 65.8 Å². The second-order valence-electron chi connectivity index (χ2n) is 42.3. The predicted molar refractivity (Wildman–Crippen MR) is 444 cm³/mol. The molecule has 3 heterocycles. The molecule has 0 saturated carbocycles. The van der Waals surface area contributed by atoms with Gasteiger partial charge < -0.3 is 30.9 Å². The molecule has 0 amide bonds. The van der Waals surface area contributed by atoms with Crippen LogP contribution in [0, 0.1) is 5.92 Å². The van der Waals surface area contributed by atoms with E-state index < -0.39 is 36.7 Å². The highest BCUT2D eigenvalue weighted by molar-refractivity contribution is 7.32. The molecule has 6 aromatic carbocycles. The van der Waals surface area contributed by atoms with Crippen molar-refractivity contribution in [2.24, 2.45) is 11.7 Å². The molecule has 566 valence electrons. The topological polar surface area (TPSA) is 133 Å². The highest BCUT2D eigenvalue weighted by Gasteiger charge is 2.35. The van der Waals surface area contributed by atoms with Crippen molar-refractivity contribution < 1.29 is 38.8 Å². The van der Waals surface area contributed by atoms with Crippen molar-refractivity contribution in [1.82, 2.24) is 0 Å². The maximum absolute atomic E-state index is 7.79. The average Bonchev–Trinajstić information content (AvgIpc) is 1.71. The summed E-state index contributed by atoms with van der Waals surface area (Å²) in [6.07, 6.45) is 0.416. The highest BCUT2D eigenvalue weighted by Crippen LogP contribution is 2.50. The van der Waals surface area contributed by atoms with Crippen molar-refractivity contribution in [3.8, 4) is 0 Å². The molecule has 9 rings (SSSR count). The third-order valence-electron chi connectivity index (χ3n) is 20.5. The van der Waals surface area contributed by atoms with Crippen molar-refractivity contribution in [2.75, 3.05) is 19.8 Å². The Kier molecular flexibility index (Phi) is 22.1. The summed E-state index contributed by atoms with van der Waals surface area (Å²) in [6.45, 7) is 82.1. The molecular formula is C90H132NO9P3. The lowest BCUT2D eigenvalue weighted by atomic mass is 9.77. The van der Waals surface area contributed by atoms with Gasteiger partial charge in [-0.05, 0) is 141 Å². The number of rotatable bonds is 11. The minimum atomic E-state index is -2.14. The summed E-state index contributed by atoms with van der Waals surface area (Å²) >= 11 is 0. The van der Waals surface area contributed by atoms with Crippen molar-refractivity contribution in [2.45, 2.75) is 327 Å². The molecule has 9 aromatic rings. The average molecular weight is 1460 g/mol. The van der Waals surface area contributed by atoms with Gasteiger partial charge in [0, 0.05) is 77.7 Å². The van der Waals surface area contributed by atoms with Gasteiger partial charge in [-0.1, -0.05) is 286 Å². The smallest absolute Gasteiger partial charge is 0.387 e. The first-order chi connectivity index (χ1) is 46.5. The molecule has 0 aliphatic heterocycles. The van der Waals surface area contributed by atoms with E-state index in [9.17, 15) is 0 Å². The Morgan fingerprint density at radius 3 is 0.602 bits per heavy atom. The van der Waals surface area contributed by atoms with E-state index in [-0.39, 0.29) is 84.8 Å². The Morgan fingerprint density at radius 1 is 0.252 bits per heavy atom. The first-order valence-electron chi connectivity index (χ1n) is 37.8. The van der Waals surface area contributed by atoms with Crippen molar-refractivity contribution >= 4 is 90.5 Å². The third kappa shape index (κ3) is 18.2. The van der Waals surface area contributed by atoms with Gasteiger partial charge in [0.1, 0.15) is 33.5 Å². The molecule has 0 radical (unpaired) electrons. The molecule has 2 N–H and O–H groups in total. The lowest BCUT2D eigenvalue weighted by Gasteiger charge is -2.27. The van der Waals surface area contributed by atoms with Gasteiger partial charge in [0.05, 0.1) is 19.8 Å². The largest absolute Gasteiger partial charge is 0.399 e. The summed E-state index contributed by atoms with van der Waals surface area (Å²) in [7, 11) is -6.33. The zero-order valence-corrected chi connectivity index (χ0v) is 73.2. The summed E-state index contributed by atoms with van der Waals surface area (Å²) in [5.41, 5.74) is 23.4. The van der Waals surface area contributed by atoms with Gasteiger partial charge in [0.25, 0.3) is 0 Å². The van der Waals surface area contributed by atoms with Gasteiger partial charge >= 0.3 is 24.7 Å². The maximum atomic E-state index is 7.79. The lowest BCUT2D eigenvalue weighted by molar-refractivity contribution is 0.198. The van der Waals surface area contributed by atoms with Gasteiger partial charge in [-0.2, -0.15) is 0 Å². The Morgan fingerprint density at radius 2 is 0.427 bits per heavy atom. The number of nitrogens with two attached hydrogens (primary N) is 1. The van der Waals surface area contributed by atoms with E-state index in [2.05, 4.69) is 322 Å². The number of benzene rings is 6. The number of hydrogen-bond acceptors (Lipinski definition) is 10. The summed E-state index contributed by atoms with van der Waals surface area (Å²) < 4.78 is 65.9. The molecule has 0 bridgehead atoms. The van der Waals surface area contributed by atoms with Gasteiger partial charge in [0.2, 0.25) is 0 Å². The fourth-order valence-electron chi connectivity index (χ4n) is 13.3. The molecule has 0 aliphatic rings. The van der Waals surface area contributed by atoms with E-state index in [1.165, 1.54) is 33.4 Å². The van der Waals surface area contributed by atoms with Gasteiger partial charge in [-0.25, -0.2) is 0 Å². The monoisotopic (exact) mass is 1460 g/mol. The summed E-state index contributed by atoms with van der Waals surface area (Å²) in [6, 6.07) is 27.3. The van der Waals surface area contributed by atoms with Crippen LogP contribution in [0.3, 0.4) is 0 Å². The van der Waals surface area contributed by atoms with Crippen LogP contribution in [-0.4, -0.2) is 25.9 Å². The zero-order valence-electron chi connectivity index (χ0n) is 70.5. The van der Waals surface area contributed by atoms with Gasteiger partial charge in [-0.3, -0.25) is 13.6 Å². The summed E-state index contributed by atoms with van der Waals surface area (Å²) in [4.78, 5) is 0. The van der Waals surface area contributed by atoms with E-state index in [0.29, 0.717) is 6.42 Å². The predicted octanol–water partition coefficient (Wildman–Crippen LogP) is 28.1. The first kappa shape index (κ1) is 81.9. The molecular weight excluding hydrogens is 1330 g/mol. The molecule has 10 nitrogen and oxygen atoms in total. The van der Waals surface area contributed by atoms with Crippen LogP contribution in [0.1, 0.15) is 322 Å². The standard InChI is InChI=1S/C90H132NO9P3/c1-79(2,3)54-39-60-61-40-55(80(4,5)6)46-67(86(22,23)24)74(61)96-101(95-73(60)66(45-54)85(19,20)21)92-38-37-53(51-93-102-97-75-62(41-56(81(7,8)9)47-68(75)87(25,26)27)63-42-57(82(10,11)12)48-69(76(63)98-102)88(28,29)30)72(91)52-94-103-99-77-64(43-58(83(13,14)15)49-70(77)89(31,32)33)65-44-59(84(16,17)18)50-71(78(65)100-103)90(34,35)36/h39-50,53,72H,37-38,51-52,91H2,1-36H3. The Hall–Kier alpha value is -5.14. The zero-order chi connectivity index (χ0) is 77.4. The molecule has 0 saturated heterocycles. The van der Waals surface area contributed by atoms with Crippen molar-refractivity contribution in [3.05, 3.63) is 140 Å². The first-order valence-corrected chi connectivity index (χ1v) is 41.1. The Balaban J connectivity index is 1.28. The molecule has 0 spiro atoms. The lowest BCUT2D eigenvalue weighted by Crippen LogP contribution is -2.39. The van der Waals surface area contributed by atoms with Gasteiger partial charge in [0.15, 0.2) is 0 Å². The Bertz CT molecular complexity index is 4510. The van der Waals surface area contributed by atoms with Crippen LogP contribution in [0.5, 0.6) is 0 Å². The van der Waals surface area contributed by atoms with Crippen LogP contribution in [0.4, 0.5) is 0 Å². The van der Waals surface area contributed by atoms with Crippen molar-refractivity contribution in [1.29, 1.82) is 0 Å². The molecule has 2 atom stereocenters. The Labute approximate surface area is 623 Å². The second kappa shape index (κ2) is 27.8. The van der Waals surface area contributed by atoms with Gasteiger partial charge in [-0.15, -0.1) is 0 Å². The molecule has 0 fully saturated rings. The van der Waals surface area contributed by atoms with Crippen molar-refractivity contribution in [3.63, 3.8) is 0 Å². The van der Waals surface area contributed by atoms with Crippen LogP contribution in [0.15, 0.2) is 98.0 Å². The fraction of sp³-hybridized carbons (Fsp3) is 0.600. The van der Waals surface area contributed by atoms with Crippen LogP contribution in [0.2, 0.25) is 0 Å². The van der Waals surface area contributed by atoms with E-state index >= 15 is 0 Å². The van der Waals surface area contributed by atoms with E-state index in [4.69, 9.17) is 44.5 Å². The molecule has 0 aliphatic carbocycles. The van der Waals surface area contributed by atoms with Crippen LogP contribution in [-0.2, 0) is 65.0 Å². The number of hydrogen-bond donors (Lipinski definition) is 1. The van der Waals surface area contributed by atoms with E-state index in [1.54, 1.807) is 0 Å². The van der Waals surface area contributed by atoms with E-state index in [0.717, 1.165) is 99.2 Å². The van der Waals surface area contributed by atoms with Crippen LogP contribution >= 0.6 is 24.7 Å². The normalized spacial score (nSPS) is 14.7.